The Hall–Kier alpha value is -1.67. The smallest absolute Gasteiger partial charge is 0.309 e. The highest BCUT2D eigenvalue weighted by Crippen LogP contribution is 2.64. The van der Waals surface area contributed by atoms with Crippen LogP contribution in [0.3, 0.4) is 0 Å². The summed E-state index contributed by atoms with van der Waals surface area (Å²) < 4.78 is 5.72. The van der Waals surface area contributed by atoms with Crippen LogP contribution in [0.25, 0.3) is 0 Å². The lowest BCUT2D eigenvalue weighted by molar-refractivity contribution is -0.154. The zero-order valence-electron chi connectivity index (χ0n) is 17.1. The number of carbonyl (C=O) groups is 3. The van der Waals surface area contributed by atoms with E-state index in [1.165, 1.54) is 37.7 Å². The highest BCUT2D eigenvalue weighted by atomic mass is 32.2. The third-order valence-corrected chi connectivity index (χ3v) is 10.3. The highest BCUT2D eigenvalue weighted by Gasteiger charge is 2.55. The molecule has 6 nitrogen and oxygen atoms in total. The molecule has 2 bridgehead atoms. The number of carbonyl (C=O) groups excluding carboxylic acids is 3. The molecule has 30 heavy (non-hydrogen) atoms. The Balaban J connectivity index is 1.26. The predicted octanol–water partition coefficient (Wildman–Crippen LogP) is 4.13. The lowest BCUT2D eigenvalue weighted by atomic mass is 9.67. The van der Waals surface area contributed by atoms with Gasteiger partial charge in [-0.2, -0.15) is 0 Å². The van der Waals surface area contributed by atoms with Crippen molar-refractivity contribution in [1.82, 2.24) is 0 Å². The fraction of sp³-hybridized carbons (Fsp3) is 0.591. The quantitative estimate of drug-likeness (QED) is 0.659. The van der Waals surface area contributed by atoms with E-state index in [1.807, 2.05) is 0 Å². The maximum atomic E-state index is 12.7. The lowest BCUT2D eigenvalue weighted by Crippen LogP contribution is -2.48. The summed E-state index contributed by atoms with van der Waals surface area (Å²) in [5.74, 6) is 2.78. The molecule has 162 valence electrons. The van der Waals surface area contributed by atoms with Crippen molar-refractivity contribution in [3.8, 4) is 0 Å². The monoisotopic (exact) mass is 448 g/mol. The van der Waals surface area contributed by atoms with Gasteiger partial charge in [0.1, 0.15) is 0 Å². The van der Waals surface area contributed by atoms with Gasteiger partial charge in [0, 0.05) is 29.8 Å². The maximum absolute atomic E-state index is 12.7. The van der Waals surface area contributed by atoms with E-state index in [9.17, 15) is 14.4 Å². The van der Waals surface area contributed by atoms with E-state index in [1.54, 1.807) is 24.3 Å². The number of ether oxygens (including phenoxy) is 1. The molecule has 3 fully saturated rings. The first-order valence-electron chi connectivity index (χ1n) is 10.6. The summed E-state index contributed by atoms with van der Waals surface area (Å²) >= 11 is 4.24. The van der Waals surface area contributed by atoms with Crippen molar-refractivity contribution < 1.29 is 19.1 Å². The molecule has 1 spiro atoms. The average molecular weight is 449 g/mol. The molecular weight excluding hydrogens is 420 g/mol. The number of anilines is 2. The van der Waals surface area contributed by atoms with Crippen LogP contribution < -0.4 is 10.6 Å². The number of thioether (sulfide) groups is 2. The third-order valence-electron chi connectivity index (χ3n) is 6.29. The second kappa shape index (κ2) is 9.22. The van der Waals surface area contributed by atoms with Crippen LogP contribution in [0.5, 0.6) is 0 Å². The fourth-order valence-electron chi connectivity index (χ4n) is 5.09. The van der Waals surface area contributed by atoms with Crippen LogP contribution in [0.15, 0.2) is 24.3 Å². The van der Waals surface area contributed by atoms with Gasteiger partial charge < -0.3 is 15.4 Å². The second-order valence-electron chi connectivity index (χ2n) is 8.33. The molecule has 1 aromatic rings. The predicted molar refractivity (Wildman–Crippen MR) is 122 cm³/mol. The lowest BCUT2D eigenvalue weighted by Gasteiger charge is -2.51. The number of hydrogen-bond donors (Lipinski definition) is 2. The molecule has 1 heterocycles. The largest absolute Gasteiger partial charge is 0.455 e. The SMILES string of the molecule is CC(=O)Nc1ccc(NC(=O)COC(=O)C2C[C@H]3CCC[C@@H](C2)C32SCCS2)cc1. The van der Waals surface area contributed by atoms with Crippen LogP contribution in [0.4, 0.5) is 11.4 Å². The van der Waals surface area contributed by atoms with Crippen molar-refractivity contribution >= 4 is 52.7 Å². The summed E-state index contributed by atoms with van der Waals surface area (Å²) in [4.78, 5) is 35.9. The standard InChI is InChI=1S/C22H28N2O4S2/c1-14(25)23-18-5-7-19(8-6-18)24-20(26)13-28-21(27)15-11-16-3-2-4-17(12-15)22(16)29-9-10-30-22/h5-8,15-17H,2-4,9-13H2,1H3,(H,23,25)(H,24,26)/t15?,16-,17+. The van der Waals surface area contributed by atoms with E-state index in [0.717, 1.165) is 12.8 Å². The summed E-state index contributed by atoms with van der Waals surface area (Å²) in [5, 5.41) is 5.40. The van der Waals surface area contributed by atoms with Gasteiger partial charge in [-0.25, -0.2) is 0 Å². The molecule has 1 unspecified atom stereocenters. The van der Waals surface area contributed by atoms with Crippen molar-refractivity contribution in [2.24, 2.45) is 17.8 Å². The zero-order chi connectivity index (χ0) is 21.1. The third kappa shape index (κ3) is 4.64. The Morgan fingerprint density at radius 1 is 1.00 bits per heavy atom. The minimum absolute atomic E-state index is 0.0857. The van der Waals surface area contributed by atoms with E-state index < -0.39 is 0 Å². The van der Waals surface area contributed by atoms with Crippen LogP contribution in [0.2, 0.25) is 0 Å². The molecule has 0 aromatic heterocycles. The zero-order valence-corrected chi connectivity index (χ0v) is 18.8. The van der Waals surface area contributed by atoms with E-state index in [-0.39, 0.29) is 30.3 Å². The minimum Gasteiger partial charge on any atom is -0.455 e. The van der Waals surface area contributed by atoms with Gasteiger partial charge in [-0.3, -0.25) is 14.4 Å². The van der Waals surface area contributed by atoms with Crippen LogP contribution in [-0.4, -0.2) is 40.0 Å². The van der Waals surface area contributed by atoms with Crippen molar-refractivity contribution in [3.63, 3.8) is 0 Å². The summed E-state index contributed by atoms with van der Waals surface area (Å²) in [6.45, 7) is 1.17. The fourth-order valence-corrected chi connectivity index (χ4v) is 9.03. The van der Waals surface area contributed by atoms with Gasteiger partial charge in [0.25, 0.3) is 5.91 Å². The molecule has 1 aromatic carbocycles. The van der Waals surface area contributed by atoms with Gasteiger partial charge in [-0.15, -0.1) is 23.5 Å². The first-order chi connectivity index (χ1) is 14.5. The van der Waals surface area contributed by atoms with Gasteiger partial charge in [0.2, 0.25) is 5.91 Å². The van der Waals surface area contributed by atoms with Crippen LogP contribution in [-0.2, 0) is 19.1 Å². The van der Waals surface area contributed by atoms with Crippen LogP contribution in [0.1, 0.15) is 39.0 Å². The van der Waals surface area contributed by atoms with Gasteiger partial charge in [-0.05, 0) is 61.8 Å². The highest BCUT2D eigenvalue weighted by molar-refractivity contribution is 8.21. The van der Waals surface area contributed by atoms with E-state index in [4.69, 9.17) is 4.74 Å². The summed E-state index contributed by atoms with van der Waals surface area (Å²) in [7, 11) is 0. The molecule has 3 atom stereocenters. The molecule has 1 saturated heterocycles. The molecule has 3 aliphatic rings. The number of amides is 2. The summed E-state index contributed by atoms with van der Waals surface area (Å²) in [6, 6.07) is 6.81. The van der Waals surface area contributed by atoms with Crippen molar-refractivity contribution in [2.45, 2.75) is 43.1 Å². The van der Waals surface area contributed by atoms with Crippen LogP contribution in [0, 0.1) is 17.8 Å². The molecule has 2 aliphatic carbocycles. The number of hydrogen-bond acceptors (Lipinski definition) is 6. The Morgan fingerprint density at radius 3 is 2.13 bits per heavy atom. The van der Waals surface area contributed by atoms with Crippen molar-refractivity contribution in [1.29, 1.82) is 0 Å². The maximum Gasteiger partial charge on any atom is 0.309 e. The Kier molecular flexibility index (Phi) is 6.63. The summed E-state index contributed by atoms with van der Waals surface area (Å²) in [6.07, 6.45) is 5.46. The van der Waals surface area contributed by atoms with E-state index in [0.29, 0.717) is 27.3 Å². The van der Waals surface area contributed by atoms with Gasteiger partial charge in [-0.1, -0.05) is 6.42 Å². The van der Waals surface area contributed by atoms with Gasteiger partial charge in [0.15, 0.2) is 6.61 Å². The molecule has 2 amide bonds. The van der Waals surface area contributed by atoms with Gasteiger partial charge >= 0.3 is 5.97 Å². The first-order valence-corrected chi connectivity index (χ1v) is 12.6. The normalized spacial score (nSPS) is 26.8. The molecule has 1 aliphatic heterocycles. The summed E-state index contributed by atoms with van der Waals surface area (Å²) in [5.41, 5.74) is 1.25. The topological polar surface area (TPSA) is 84.5 Å². The molecule has 8 heteroatoms. The van der Waals surface area contributed by atoms with E-state index in [2.05, 4.69) is 34.2 Å². The molecule has 2 N–H and O–H groups in total. The van der Waals surface area contributed by atoms with Crippen molar-refractivity contribution in [2.75, 3.05) is 28.7 Å². The molecule has 2 saturated carbocycles. The minimum atomic E-state index is -0.356. The van der Waals surface area contributed by atoms with Crippen LogP contribution >= 0.6 is 23.5 Å². The van der Waals surface area contributed by atoms with E-state index >= 15 is 0 Å². The number of benzene rings is 1. The van der Waals surface area contributed by atoms with Gasteiger partial charge in [0.05, 0.1) is 10.00 Å². The molecule has 4 rings (SSSR count). The second-order valence-corrected chi connectivity index (χ2v) is 11.3. The average Bonchev–Trinajstić information content (AvgIpc) is 3.16. The number of esters is 1. The Morgan fingerprint density at radius 2 is 1.57 bits per heavy atom. The Bertz CT molecular complexity index is 792. The number of nitrogens with one attached hydrogen (secondary N) is 2. The van der Waals surface area contributed by atoms with Crippen molar-refractivity contribution in [3.05, 3.63) is 24.3 Å². The number of rotatable bonds is 5. The molecular formula is C22H28N2O4S2. The first kappa shape index (κ1) is 21.6. The molecule has 0 radical (unpaired) electrons. The Labute approximate surface area is 185 Å².